The van der Waals surface area contributed by atoms with Gasteiger partial charge in [-0.3, -0.25) is 0 Å². The molecule has 1 unspecified atom stereocenters. The molecule has 3 heteroatoms. The number of rotatable bonds is 5. The van der Waals surface area contributed by atoms with Crippen LogP contribution in [0.5, 0.6) is 5.75 Å². The molecule has 2 nitrogen and oxygen atoms in total. The fraction of sp³-hybridized carbons (Fsp3) is 0.333. The van der Waals surface area contributed by atoms with Crippen molar-refractivity contribution in [1.29, 1.82) is 0 Å². The van der Waals surface area contributed by atoms with Crippen LogP contribution in [0.15, 0.2) is 35.3 Å². The van der Waals surface area contributed by atoms with E-state index in [1.165, 1.54) is 0 Å². The van der Waals surface area contributed by atoms with Crippen LogP contribution in [0.3, 0.4) is 0 Å². The first-order chi connectivity index (χ1) is 7.15. The van der Waals surface area contributed by atoms with E-state index >= 15 is 0 Å². The zero-order valence-electron chi connectivity index (χ0n) is 8.87. The molecule has 0 saturated carbocycles. The highest BCUT2D eigenvalue weighted by Gasteiger charge is 2.08. The van der Waals surface area contributed by atoms with Crippen LogP contribution in [-0.2, 0) is 0 Å². The third kappa shape index (κ3) is 3.68. The predicted octanol–water partition coefficient (Wildman–Crippen LogP) is 3.42. The summed E-state index contributed by atoms with van der Waals surface area (Å²) in [7, 11) is 0. The predicted molar refractivity (Wildman–Crippen MR) is 67.1 cm³/mol. The summed E-state index contributed by atoms with van der Waals surface area (Å²) in [5.41, 5.74) is 6.89. The van der Waals surface area contributed by atoms with Gasteiger partial charge in [0.15, 0.2) is 0 Å². The quantitative estimate of drug-likeness (QED) is 0.657. The Morgan fingerprint density at radius 3 is 2.93 bits per heavy atom. The molecule has 2 N–H and O–H groups in total. The zero-order valence-corrected chi connectivity index (χ0v) is 10.5. The molecule has 0 aliphatic carbocycles. The normalized spacial score (nSPS) is 12.2. The van der Waals surface area contributed by atoms with E-state index in [9.17, 15) is 0 Å². The molecule has 1 rings (SSSR count). The minimum absolute atomic E-state index is 0.0266. The van der Waals surface area contributed by atoms with Crippen molar-refractivity contribution in [1.82, 2.24) is 0 Å². The maximum atomic E-state index is 5.87. The topological polar surface area (TPSA) is 35.2 Å². The summed E-state index contributed by atoms with van der Waals surface area (Å²) >= 11 is 3.42. The number of hydrogen-bond donors (Lipinski definition) is 1. The first-order valence-electron chi connectivity index (χ1n) is 4.94. The Kier molecular flexibility index (Phi) is 4.85. The Morgan fingerprint density at radius 2 is 2.33 bits per heavy atom. The molecule has 0 aromatic heterocycles. The van der Waals surface area contributed by atoms with Crippen molar-refractivity contribution in [2.75, 3.05) is 6.61 Å². The van der Waals surface area contributed by atoms with Crippen LogP contribution in [0, 0.1) is 0 Å². The van der Waals surface area contributed by atoms with E-state index in [0.29, 0.717) is 6.61 Å². The van der Waals surface area contributed by atoms with E-state index in [1.807, 2.05) is 31.2 Å². The second-order valence-electron chi connectivity index (χ2n) is 3.40. The smallest absolute Gasteiger partial charge is 0.124 e. The van der Waals surface area contributed by atoms with Crippen molar-refractivity contribution in [3.8, 4) is 5.75 Å². The lowest BCUT2D eigenvalue weighted by Crippen LogP contribution is -2.08. The summed E-state index contributed by atoms with van der Waals surface area (Å²) in [5, 5.41) is 0. The number of nitrogens with two attached hydrogens (primary N) is 1. The number of ether oxygens (including phenoxy) is 1. The van der Waals surface area contributed by atoms with Gasteiger partial charge in [-0.05, 0) is 31.5 Å². The van der Waals surface area contributed by atoms with Gasteiger partial charge in [-0.2, -0.15) is 0 Å². The van der Waals surface area contributed by atoms with Gasteiger partial charge in [-0.1, -0.05) is 22.0 Å². The van der Waals surface area contributed by atoms with E-state index in [2.05, 4.69) is 22.5 Å². The van der Waals surface area contributed by atoms with Crippen LogP contribution < -0.4 is 10.5 Å². The van der Waals surface area contributed by atoms with Gasteiger partial charge < -0.3 is 10.5 Å². The van der Waals surface area contributed by atoms with Crippen LogP contribution >= 0.6 is 15.9 Å². The van der Waals surface area contributed by atoms with Crippen molar-refractivity contribution in [2.45, 2.75) is 19.4 Å². The molecular formula is C12H16BrNO. The van der Waals surface area contributed by atoms with Gasteiger partial charge >= 0.3 is 0 Å². The Bertz CT molecular complexity index is 336. The number of hydrogen-bond acceptors (Lipinski definition) is 2. The van der Waals surface area contributed by atoms with E-state index in [-0.39, 0.29) is 6.04 Å². The summed E-state index contributed by atoms with van der Waals surface area (Å²) in [6.45, 7) is 6.24. The van der Waals surface area contributed by atoms with Gasteiger partial charge in [0.1, 0.15) is 5.75 Å². The molecule has 15 heavy (non-hydrogen) atoms. The monoisotopic (exact) mass is 269 g/mol. The Hall–Kier alpha value is -0.800. The van der Waals surface area contributed by atoms with Crippen LogP contribution in [0.25, 0.3) is 0 Å². The lowest BCUT2D eigenvalue weighted by atomic mass is 10.1. The highest BCUT2D eigenvalue weighted by atomic mass is 79.9. The summed E-state index contributed by atoms with van der Waals surface area (Å²) < 4.78 is 6.64. The summed E-state index contributed by atoms with van der Waals surface area (Å²) in [5.74, 6) is 0.857. The standard InChI is InChI=1S/C12H16BrNO/c1-3-4-7-15-12-6-5-10(13)8-11(12)9(2)14/h3,5-6,8-9H,1,4,7,14H2,2H3. The van der Waals surface area contributed by atoms with Gasteiger partial charge in [0.2, 0.25) is 0 Å². The van der Waals surface area contributed by atoms with Crippen molar-refractivity contribution < 1.29 is 4.74 Å². The van der Waals surface area contributed by atoms with E-state index in [0.717, 1.165) is 22.2 Å². The molecule has 0 radical (unpaired) electrons. The average molecular weight is 270 g/mol. The number of benzene rings is 1. The van der Waals surface area contributed by atoms with Gasteiger partial charge in [-0.15, -0.1) is 6.58 Å². The minimum atomic E-state index is -0.0266. The highest BCUT2D eigenvalue weighted by Crippen LogP contribution is 2.27. The van der Waals surface area contributed by atoms with Crippen LogP contribution in [0.4, 0.5) is 0 Å². The van der Waals surface area contributed by atoms with Crippen LogP contribution in [0.2, 0.25) is 0 Å². The first kappa shape index (κ1) is 12.3. The van der Waals surface area contributed by atoms with Gasteiger partial charge in [0.05, 0.1) is 6.61 Å². The third-order valence-electron chi connectivity index (χ3n) is 2.04. The third-order valence-corrected chi connectivity index (χ3v) is 2.54. The molecule has 0 saturated heterocycles. The van der Waals surface area contributed by atoms with E-state index in [1.54, 1.807) is 0 Å². The molecule has 82 valence electrons. The molecule has 0 bridgehead atoms. The lowest BCUT2D eigenvalue weighted by Gasteiger charge is -2.13. The molecule has 1 aromatic carbocycles. The SMILES string of the molecule is C=CCCOc1ccc(Br)cc1C(C)N. The zero-order chi connectivity index (χ0) is 11.3. The van der Waals surface area contributed by atoms with Gasteiger partial charge in [0, 0.05) is 16.1 Å². The van der Waals surface area contributed by atoms with Crippen molar-refractivity contribution in [3.63, 3.8) is 0 Å². The molecule has 0 heterocycles. The summed E-state index contributed by atoms with van der Waals surface area (Å²) in [6, 6.07) is 5.86. The fourth-order valence-electron chi connectivity index (χ4n) is 1.26. The summed E-state index contributed by atoms with van der Waals surface area (Å²) in [6.07, 6.45) is 2.68. The number of halogens is 1. The molecule has 1 aromatic rings. The van der Waals surface area contributed by atoms with Crippen LogP contribution in [0.1, 0.15) is 24.9 Å². The van der Waals surface area contributed by atoms with Crippen LogP contribution in [-0.4, -0.2) is 6.61 Å². The highest BCUT2D eigenvalue weighted by molar-refractivity contribution is 9.10. The van der Waals surface area contributed by atoms with E-state index in [4.69, 9.17) is 10.5 Å². The second-order valence-corrected chi connectivity index (χ2v) is 4.31. The molecule has 1 atom stereocenters. The minimum Gasteiger partial charge on any atom is -0.493 e. The summed E-state index contributed by atoms with van der Waals surface area (Å²) in [4.78, 5) is 0. The maximum Gasteiger partial charge on any atom is 0.124 e. The van der Waals surface area contributed by atoms with Gasteiger partial charge in [-0.25, -0.2) is 0 Å². The Morgan fingerprint density at radius 1 is 1.60 bits per heavy atom. The molecule has 0 amide bonds. The Labute approximate surface area is 99.3 Å². The second kappa shape index (κ2) is 5.93. The van der Waals surface area contributed by atoms with Crippen molar-refractivity contribution in [3.05, 3.63) is 40.9 Å². The van der Waals surface area contributed by atoms with Crippen molar-refractivity contribution in [2.24, 2.45) is 5.73 Å². The fourth-order valence-corrected chi connectivity index (χ4v) is 1.64. The largest absolute Gasteiger partial charge is 0.493 e. The maximum absolute atomic E-state index is 5.87. The molecule has 0 aliphatic heterocycles. The lowest BCUT2D eigenvalue weighted by molar-refractivity contribution is 0.320. The molecule has 0 spiro atoms. The molecule has 0 fully saturated rings. The first-order valence-corrected chi connectivity index (χ1v) is 5.73. The average Bonchev–Trinajstić information content (AvgIpc) is 2.20. The molecule has 0 aliphatic rings. The van der Waals surface area contributed by atoms with E-state index < -0.39 is 0 Å². The molecular weight excluding hydrogens is 254 g/mol. The Balaban J connectivity index is 2.81. The van der Waals surface area contributed by atoms with Crippen molar-refractivity contribution >= 4 is 15.9 Å². The van der Waals surface area contributed by atoms with Gasteiger partial charge in [0.25, 0.3) is 0 Å².